The number of benzene rings is 2. The van der Waals surface area contributed by atoms with E-state index in [0.29, 0.717) is 26.6 Å². The van der Waals surface area contributed by atoms with Crippen LogP contribution in [0.1, 0.15) is 32.8 Å². The highest BCUT2D eigenvalue weighted by molar-refractivity contribution is 9.10. The molecule has 3 N–H and O–H groups in total. The quantitative estimate of drug-likeness (QED) is 0.425. The summed E-state index contributed by atoms with van der Waals surface area (Å²) in [5, 5.41) is 13.5. The average molecular weight is 530 g/mol. The van der Waals surface area contributed by atoms with Crippen LogP contribution in [-0.4, -0.2) is 40.5 Å². The Morgan fingerprint density at radius 3 is 2.55 bits per heavy atom. The molecule has 170 valence electrons. The van der Waals surface area contributed by atoms with Gasteiger partial charge in [-0.1, -0.05) is 35.9 Å². The van der Waals surface area contributed by atoms with Gasteiger partial charge in [0.15, 0.2) is 5.69 Å². The second-order valence-electron chi connectivity index (χ2n) is 7.48. The van der Waals surface area contributed by atoms with Gasteiger partial charge in [-0.25, -0.2) is 0 Å². The number of hydrogen-bond donors (Lipinski definition) is 3. The van der Waals surface area contributed by atoms with Crippen molar-refractivity contribution in [2.75, 3.05) is 23.7 Å². The van der Waals surface area contributed by atoms with E-state index in [4.69, 9.17) is 11.6 Å². The predicted molar refractivity (Wildman–Crippen MR) is 133 cm³/mol. The summed E-state index contributed by atoms with van der Waals surface area (Å²) < 4.78 is 1.81. The standard InChI is InChI=1S/C23H22BrClN6O2/c1-31-21(29-22(32)16-4-2-3-5-17(16)25)19(24)20(30-31)23(33)28-15-9-6-14(7-10-15)8-11-18-26-12-13-27-18/h2-7,9-10H,8,11-13H2,1H3,(H,26,27)(H,28,33)(H,29,32). The van der Waals surface area contributed by atoms with Crippen LogP contribution in [0.2, 0.25) is 5.02 Å². The lowest BCUT2D eigenvalue weighted by molar-refractivity contribution is 0.101. The van der Waals surface area contributed by atoms with Crippen LogP contribution in [0, 0.1) is 0 Å². The summed E-state index contributed by atoms with van der Waals surface area (Å²) in [4.78, 5) is 29.8. The van der Waals surface area contributed by atoms with Gasteiger partial charge in [0, 0.05) is 25.7 Å². The van der Waals surface area contributed by atoms with E-state index in [1.165, 1.54) is 4.68 Å². The Balaban J connectivity index is 1.41. The summed E-state index contributed by atoms with van der Waals surface area (Å²) in [5.74, 6) is 0.604. The van der Waals surface area contributed by atoms with Crippen molar-refractivity contribution >= 4 is 56.7 Å². The van der Waals surface area contributed by atoms with Crippen molar-refractivity contribution in [2.24, 2.45) is 12.0 Å². The summed E-state index contributed by atoms with van der Waals surface area (Å²) in [6, 6.07) is 14.4. The Hall–Kier alpha value is -3.17. The lowest BCUT2D eigenvalue weighted by Gasteiger charge is -2.07. The van der Waals surface area contributed by atoms with Crippen LogP contribution in [0.5, 0.6) is 0 Å². The number of aromatic nitrogens is 2. The molecule has 8 nitrogen and oxygen atoms in total. The number of aliphatic imine (C=N–C) groups is 1. The normalized spacial score (nSPS) is 12.8. The molecule has 0 saturated carbocycles. The molecule has 2 aromatic carbocycles. The molecule has 0 bridgehead atoms. The number of halogens is 2. The fraction of sp³-hybridized carbons (Fsp3) is 0.217. The molecule has 2 amide bonds. The van der Waals surface area contributed by atoms with E-state index in [-0.39, 0.29) is 5.69 Å². The zero-order chi connectivity index (χ0) is 23.4. The molecule has 1 aromatic heterocycles. The van der Waals surface area contributed by atoms with E-state index in [2.05, 4.69) is 42.0 Å². The lowest BCUT2D eigenvalue weighted by atomic mass is 10.1. The van der Waals surface area contributed by atoms with E-state index in [1.807, 2.05) is 24.3 Å². The first-order valence-electron chi connectivity index (χ1n) is 10.4. The molecule has 0 atom stereocenters. The van der Waals surface area contributed by atoms with Crippen molar-refractivity contribution in [2.45, 2.75) is 12.8 Å². The average Bonchev–Trinajstić information content (AvgIpc) is 3.42. The fourth-order valence-corrected chi connectivity index (χ4v) is 4.26. The Morgan fingerprint density at radius 2 is 1.85 bits per heavy atom. The Kier molecular flexibility index (Phi) is 7.10. The third-order valence-corrected chi connectivity index (χ3v) is 6.24. The summed E-state index contributed by atoms with van der Waals surface area (Å²) in [6.45, 7) is 1.75. The molecular formula is C23H22BrClN6O2. The zero-order valence-electron chi connectivity index (χ0n) is 17.9. The van der Waals surface area contributed by atoms with Gasteiger partial charge in [-0.3, -0.25) is 19.3 Å². The molecule has 3 aromatic rings. The van der Waals surface area contributed by atoms with Crippen molar-refractivity contribution in [3.05, 3.63) is 74.8 Å². The van der Waals surface area contributed by atoms with Gasteiger partial charge in [-0.2, -0.15) is 5.10 Å². The minimum atomic E-state index is -0.398. The molecule has 0 aliphatic carbocycles. The van der Waals surface area contributed by atoms with Crippen LogP contribution in [0.25, 0.3) is 0 Å². The molecule has 0 fully saturated rings. The van der Waals surface area contributed by atoms with Gasteiger partial charge >= 0.3 is 0 Å². The highest BCUT2D eigenvalue weighted by Gasteiger charge is 2.22. The van der Waals surface area contributed by atoms with Crippen molar-refractivity contribution < 1.29 is 9.59 Å². The van der Waals surface area contributed by atoms with Crippen molar-refractivity contribution in [3.8, 4) is 0 Å². The number of hydrogen-bond acceptors (Lipinski definition) is 5. The van der Waals surface area contributed by atoms with Crippen LogP contribution >= 0.6 is 27.5 Å². The minimum Gasteiger partial charge on any atom is -0.372 e. The number of rotatable bonds is 7. The maximum atomic E-state index is 12.8. The smallest absolute Gasteiger partial charge is 0.277 e. The summed E-state index contributed by atoms with van der Waals surface area (Å²) >= 11 is 9.50. The van der Waals surface area contributed by atoms with Gasteiger partial charge < -0.3 is 16.0 Å². The molecule has 1 aliphatic rings. The number of amides is 2. The van der Waals surface area contributed by atoms with Gasteiger partial charge in [0.2, 0.25) is 0 Å². The van der Waals surface area contributed by atoms with Crippen molar-refractivity contribution in [1.29, 1.82) is 0 Å². The summed E-state index contributed by atoms with van der Waals surface area (Å²) in [7, 11) is 1.64. The highest BCUT2D eigenvalue weighted by atomic mass is 79.9. The topological polar surface area (TPSA) is 100 Å². The SMILES string of the molecule is Cn1nc(C(=O)Nc2ccc(CCC3=NCCN3)cc2)c(Br)c1NC(=O)c1ccccc1Cl. The van der Waals surface area contributed by atoms with Gasteiger partial charge in [-0.05, 0) is 52.2 Å². The highest BCUT2D eigenvalue weighted by Crippen LogP contribution is 2.28. The van der Waals surface area contributed by atoms with Crippen LogP contribution in [0.15, 0.2) is 58.0 Å². The van der Waals surface area contributed by atoms with Crippen molar-refractivity contribution in [1.82, 2.24) is 15.1 Å². The van der Waals surface area contributed by atoms with Gasteiger partial charge in [0.1, 0.15) is 5.82 Å². The number of nitrogens with zero attached hydrogens (tertiary/aromatic N) is 3. The maximum Gasteiger partial charge on any atom is 0.277 e. The van der Waals surface area contributed by atoms with Crippen molar-refractivity contribution in [3.63, 3.8) is 0 Å². The third-order valence-electron chi connectivity index (χ3n) is 5.16. The molecule has 10 heteroatoms. The van der Waals surface area contributed by atoms with Crippen LogP contribution < -0.4 is 16.0 Å². The Morgan fingerprint density at radius 1 is 1.09 bits per heavy atom. The molecular weight excluding hydrogens is 508 g/mol. The molecule has 2 heterocycles. The third kappa shape index (κ3) is 5.43. The molecule has 33 heavy (non-hydrogen) atoms. The van der Waals surface area contributed by atoms with Crippen LogP contribution in [0.4, 0.5) is 11.5 Å². The van der Waals surface area contributed by atoms with Crippen LogP contribution in [0.3, 0.4) is 0 Å². The van der Waals surface area contributed by atoms with E-state index < -0.39 is 11.8 Å². The Bertz CT molecular complexity index is 1220. The number of carbonyl (C=O) groups is 2. The maximum absolute atomic E-state index is 12.8. The molecule has 0 spiro atoms. The van der Waals surface area contributed by atoms with Crippen LogP contribution in [-0.2, 0) is 13.5 Å². The second kappa shape index (κ2) is 10.2. The molecule has 4 rings (SSSR count). The molecule has 1 aliphatic heterocycles. The monoisotopic (exact) mass is 528 g/mol. The number of carbonyl (C=O) groups excluding carboxylic acids is 2. The minimum absolute atomic E-state index is 0.154. The number of aryl methyl sites for hydroxylation is 2. The van der Waals surface area contributed by atoms with E-state index >= 15 is 0 Å². The largest absolute Gasteiger partial charge is 0.372 e. The number of anilines is 2. The molecule has 0 unspecified atom stereocenters. The first kappa shape index (κ1) is 23.0. The van der Waals surface area contributed by atoms with E-state index in [0.717, 1.165) is 37.3 Å². The van der Waals surface area contributed by atoms with Gasteiger partial charge in [0.05, 0.1) is 27.4 Å². The first-order chi connectivity index (χ1) is 15.9. The lowest BCUT2D eigenvalue weighted by Crippen LogP contribution is -2.18. The summed E-state index contributed by atoms with van der Waals surface area (Å²) in [6.07, 6.45) is 1.75. The van der Waals surface area contributed by atoms with Gasteiger partial charge in [-0.15, -0.1) is 0 Å². The number of nitrogens with one attached hydrogen (secondary N) is 3. The summed E-state index contributed by atoms with van der Waals surface area (Å²) in [5.41, 5.74) is 2.29. The molecule has 0 radical (unpaired) electrons. The van der Waals surface area contributed by atoms with Gasteiger partial charge in [0.25, 0.3) is 11.8 Å². The fourth-order valence-electron chi connectivity index (χ4n) is 3.42. The first-order valence-corrected chi connectivity index (χ1v) is 11.6. The second-order valence-corrected chi connectivity index (χ2v) is 8.68. The predicted octanol–water partition coefficient (Wildman–Crippen LogP) is 4.27. The molecule has 0 saturated heterocycles. The Labute approximate surface area is 204 Å². The number of amidine groups is 1. The van der Waals surface area contributed by atoms with E-state index in [9.17, 15) is 9.59 Å². The van der Waals surface area contributed by atoms with E-state index in [1.54, 1.807) is 31.3 Å². The zero-order valence-corrected chi connectivity index (χ0v) is 20.2.